The van der Waals surface area contributed by atoms with Crippen molar-refractivity contribution < 1.29 is 4.74 Å². The Morgan fingerprint density at radius 3 is 2.76 bits per heavy atom. The normalized spacial score (nSPS) is 12.1. The Balaban J connectivity index is 1.65. The predicted octanol–water partition coefficient (Wildman–Crippen LogP) is 6.41. The number of rotatable bonds is 6. The van der Waals surface area contributed by atoms with Gasteiger partial charge in [0.2, 0.25) is 0 Å². The maximum absolute atomic E-state index is 5.35. The molecule has 0 bridgehead atoms. The Hall–Kier alpha value is -2.92. The molecule has 0 saturated carbocycles. The fourth-order valence-electron chi connectivity index (χ4n) is 3.52. The Kier molecular flexibility index (Phi) is 5.49. The minimum absolute atomic E-state index is 0.0956. The smallest absolute Gasteiger partial charge is 0.130 e. The van der Waals surface area contributed by atoms with Gasteiger partial charge in [-0.05, 0) is 66.4 Å². The zero-order valence-corrected chi connectivity index (χ0v) is 18.0. The topological polar surface area (TPSA) is 47.0 Å². The molecular weight excluding hydrogens is 378 g/mol. The van der Waals surface area contributed by atoms with Gasteiger partial charge < -0.3 is 10.1 Å². The van der Waals surface area contributed by atoms with Gasteiger partial charge in [0, 0.05) is 16.3 Å². The third kappa shape index (κ3) is 4.10. The van der Waals surface area contributed by atoms with Crippen LogP contribution in [0.3, 0.4) is 0 Å². The van der Waals surface area contributed by atoms with Gasteiger partial charge in [-0.15, -0.1) is 11.3 Å². The summed E-state index contributed by atoms with van der Waals surface area (Å²) in [6.07, 6.45) is 1.04. The maximum atomic E-state index is 5.35. The number of hydrogen-bond acceptors (Lipinski definition) is 5. The number of anilines is 1. The van der Waals surface area contributed by atoms with Crippen LogP contribution in [0.2, 0.25) is 0 Å². The fourth-order valence-corrected chi connectivity index (χ4v) is 4.55. The van der Waals surface area contributed by atoms with E-state index in [9.17, 15) is 0 Å². The molecular formula is C24H25N3OS. The summed E-state index contributed by atoms with van der Waals surface area (Å²) in [5, 5.41) is 7.09. The largest absolute Gasteiger partial charge is 0.497 e. The molecule has 0 aliphatic heterocycles. The molecule has 148 valence electrons. The van der Waals surface area contributed by atoms with E-state index in [1.165, 1.54) is 15.6 Å². The second kappa shape index (κ2) is 8.21. The standard InChI is InChI=1S/C24H25N3OS/c1-5-17-14-29-23-10-9-19(12-21(17)23)22-13-24(27-16(3)26-22)25-15(2)18-7-6-8-20(11-18)28-4/h6-15H,5H2,1-4H3,(H,25,26,27). The van der Waals surface area contributed by atoms with Crippen molar-refractivity contribution in [3.8, 4) is 17.0 Å². The lowest BCUT2D eigenvalue weighted by molar-refractivity contribution is 0.414. The van der Waals surface area contributed by atoms with Crippen molar-refractivity contribution in [2.75, 3.05) is 12.4 Å². The zero-order valence-electron chi connectivity index (χ0n) is 17.2. The van der Waals surface area contributed by atoms with Gasteiger partial charge in [-0.25, -0.2) is 9.97 Å². The highest BCUT2D eigenvalue weighted by Crippen LogP contribution is 2.31. The molecule has 0 aliphatic rings. The first kappa shape index (κ1) is 19.4. The highest BCUT2D eigenvalue weighted by atomic mass is 32.1. The van der Waals surface area contributed by atoms with Gasteiger partial charge in [0.1, 0.15) is 17.4 Å². The second-order valence-electron chi connectivity index (χ2n) is 7.15. The van der Waals surface area contributed by atoms with Crippen LogP contribution in [-0.4, -0.2) is 17.1 Å². The van der Waals surface area contributed by atoms with Crippen molar-refractivity contribution in [3.63, 3.8) is 0 Å². The van der Waals surface area contributed by atoms with Crippen molar-refractivity contribution in [2.45, 2.75) is 33.2 Å². The highest BCUT2D eigenvalue weighted by molar-refractivity contribution is 7.17. The van der Waals surface area contributed by atoms with E-state index in [0.717, 1.165) is 40.6 Å². The van der Waals surface area contributed by atoms with E-state index in [1.54, 1.807) is 18.4 Å². The molecule has 2 heterocycles. The SMILES string of the molecule is CCc1csc2ccc(-c3cc(NC(C)c4cccc(OC)c4)nc(C)n3)cc12. The zero-order chi connectivity index (χ0) is 20.4. The lowest BCUT2D eigenvalue weighted by atomic mass is 10.1. The van der Waals surface area contributed by atoms with E-state index in [0.29, 0.717) is 0 Å². The lowest BCUT2D eigenvalue weighted by Crippen LogP contribution is -2.09. The highest BCUT2D eigenvalue weighted by Gasteiger charge is 2.11. The number of nitrogens with zero attached hydrogens (tertiary/aromatic N) is 2. The van der Waals surface area contributed by atoms with Crippen LogP contribution < -0.4 is 10.1 Å². The number of aromatic nitrogens is 2. The average Bonchev–Trinajstić information content (AvgIpc) is 3.15. The Morgan fingerprint density at radius 2 is 1.97 bits per heavy atom. The molecule has 29 heavy (non-hydrogen) atoms. The number of methoxy groups -OCH3 is 1. The van der Waals surface area contributed by atoms with Gasteiger partial charge in [-0.1, -0.05) is 25.1 Å². The van der Waals surface area contributed by atoms with Crippen LogP contribution in [0.1, 0.15) is 36.8 Å². The van der Waals surface area contributed by atoms with Crippen LogP contribution >= 0.6 is 11.3 Å². The Labute approximate surface area is 175 Å². The predicted molar refractivity (Wildman–Crippen MR) is 122 cm³/mol. The summed E-state index contributed by atoms with van der Waals surface area (Å²) in [6, 6.07) is 16.8. The first-order chi connectivity index (χ1) is 14.1. The summed E-state index contributed by atoms with van der Waals surface area (Å²) in [4.78, 5) is 9.29. The lowest BCUT2D eigenvalue weighted by Gasteiger charge is -2.17. The van der Waals surface area contributed by atoms with Crippen LogP contribution in [-0.2, 0) is 6.42 Å². The van der Waals surface area contributed by atoms with E-state index >= 15 is 0 Å². The molecule has 0 radical (unpaired) electrons. The first-order valence-electron chi connectivity index (χ1n) is 9.84. The molecule has 0 amide bonds. The Bertz CT molecular complexity index is 1150. The number of ether oxygens (including phenoxy) is 1. The molecule has 0 saturated heterocycles. The minimum Gasteiger partial charge on any atom is -0.497 e. The van der Waals surface area contributed by atoms with E-state index in [1.807, 2.05) is 31.2 Å². The van der Waals surface area contributed by atoms with Crippen LogP contribution in [0.5, 0.6) is 5.75 Å². The third-order valence-corrected chi connectivity index (χ3v) is 6.14. The number of thiophene rings is 1. The summed E-state index contributed by atoms with van der Waals surface area (Å²) in [6.45, 7) is 6.26. The van der Waals surface area contributed by atoms with Crippen molar-refractivity contribution in [3.05, 3.63) is 70.9 Å². The van der Waals surface area contributed by atoms with Gasteiger partial charge in [0.15, 0.2) is 0 Å². The number of fused-ring (bicyclic) bond motifs is 1. The fraction of sp³-hybridized carbons (Fsp3) is 0.250. The van der Waals surface area contributed by atoms with Crippen molar-refractivity contribution in [1.82, 2.24) is 9.97 Å². The van der Waals surface area contributed by atoms with Crippen LogP contribution in [0.4, 0.5) is 5.82 Å². The average molecular weight is 404 g/mol. The first-order valence-corrected chi connectivity index (χ1v) is 10.7. The molecule has 1 unspecified atom stereocenters. The van der Waals surface area contributed by atoms with Gasteiger partial charge >= 0.3 is 0 Å². The molecule has 4 nitrogen and oxygen atoms in total. The summed E-state index contributed by atoms with van der Waals surface area (Å²) in [7, 11) is 1.69. The molecule has 2 aromatic heterocycles. The van der Waals surface area contributed by atoms with Gasteiger partial charge in [0.25, 0.3) is 0 Å². The molecule has 1 atom stereocenters. The van der Waals surface area contributed by atoms with Gasteiger partial charge in [-0.3, -0.25) is 0 Å². The molecule has 4 rings (SSSR count). The quantitative estimate of drug-likeness (QED) is 0.404. The molecule has 1 N–H and O–H groups in total. The van der Waals surface area contributed by atoms with Crippen LogP contribution in [0, 0.1) is 6.92 Å². The summed E-state index contributed by atoms with van der Waals surface area (Å²) in [5.41, 5.74) is 4.60. The van der Waals surface area contributed by atoms with E-state index in [2.05, 4.69) is 53.8 Å². The second-order valence-corrected chi connectivity index (χ2v) is 8.06. The van der Waals surface area contributed by atoms with Crippen LogP contribution in [0.15, 0.2) is 53.9 Å². The monoisotopic (exact) mass is 403 g/mol. The van der Waals surface area contributed by atoms with Gasteiger partial charge in [0.05, 0.1) is 18.8 Å². The van der Waals surface area contributed by atoms with E-state index in [4.69, 9.17) is 9.72 Å². The molecule has 0 fully saturated rings. The third-order valence-electron chi connectivity index (χ3n) is 5.13. The Morgan fingerprint density at radius 1 is 1.10 bits per heavy atom. The number of benzene rings is 2. The van der Waals surface area contributed by atoms with Crippen LogP contribution in [0.25, 0.3) is 21.3 Å². The van der Waals surface area contributed by atoms with Crippen molar-refractivity contribution in [1.29, 1.82) is 0 Å². The molecule has 0 spiro atoms. The molecule has 5 heteroatoms. The molecule has 0 aliphatic carbocycles. The van der Waals surface area contributed by atoms with E-state index in [-0.39, 0.29) is 6.04 Å². The van der Waals surface area contributed by atoms with Gasteiger partial charge in [-0.2, -0.15) is 0 Å². The summed E-state index contributed by atoms with van der Waals surface area (Å²) >= 11 is 1.80. The van der Waals surface area contributed by atoms with E-state index < -0.39 is 0 Å². The van der Waals surface area contributed by atoms with Crippen molar-refractivity contribution >= 4 is 27.2 Å². The molecule has 4 aromatic rings. The number of hydrogen-bond donors (Lipinski definition) is 1. The number of nitrogens with one attached hydrogen (secondary N) is 1. The summed E-state index contributed by atoms with van der Waals surface area (Å²) < 4.78 is 6.67. The molecule has 2 aromatic carbocycles. The number of aryl methyl sites for hydroxylation is 2. The maximum Gasteiger partial charge on any atom is 0.130 e. The van der Waals surface area contributed by atoms with Crippen molar-refractivity contribution in [2.24, 2.45) is 0 Å². The summed E-state index contributed by atoms with van der Waals surface area (Å²) in [5.74, 6) is 2.43. The minimum atomic E-state index is 0.0956.